The highest BCUT2D eigenvalue weighted by atomic mass is 15.2. The number of hydrogen-bond donors (Lipinski definition) is 0. The van der Waals surface area contributed by atoms with Crippen LogP contribution in [-0.2, 0) is 7.05 Å². The maximum Gasteiger partial charge on any atom is 0.135 e. The van der Waals surface area contributed by atoms with Crippen LogP contribution in [0.4, 0.5) is 0 Å². The Morgan fingerprint density at radius 1 is 1.55 bits per heavy atom. The fourth-order valence-corrected chi connectivity index (χ4v) is 0.700. The van der Waals surface area contributed by atoms with Gasteiger partial charge in [-0.2, -0.15) is 5.10 Å². The molecule has 0 fully saturated rings. The molecular weight excluding hydrogens is 136 g/mol. The third-order valence-electron chi connectivity index (χ3n) is 1.20. The van der Waals surface area contributed by atoms with Crippen LogP contribution < -0.4 is 0 Å². The molecular formula is C9H12N2. The Hall–Kier alpha value is -1.23. The zero-order valence-electron chi connectivity index (χ0n) is 7.13. The fourth-order valence-electron chi connectivity index (χ4n) is 0.700. The van der Waals surface area contributed by atoms with E-state index in [1.54, 1.807) is 4.68 Å². The zero-order chi connectivity index (χ0) is 8.27. The van der Waals surface area contributed by atoms with E-state index in [9.17, 15) is 0 Å². The highest BCUT2D eigenvalue weighted by molar-refractivity contribution is 5.26. The van der Waals surface area contributed by atoms with Crippen molar-refractivity contribution in [2.75, 3.05) is 0 Å². The minimum absolute atomic E-state index is 0.414. The zero-order valence-corrected chi connectivity index (χ0v) is 7.13. The van der Waals surface area contributed by atoms with E-state index in [2.05, 4.69) is 30.8 Å². The van der Waals surface area contributed by atoms with E-state index in [4.69, 9.17) is 0 Å². The van der Waals surface area contributed by atoms with E-state index >= 15 is 0 Å². The molecule has 1 aromatic heterocycles. The summed E-state index contributed by atoms with van der Waals surface area (Å²) in [5, 5.41) is 4.13. The van der Waals surface area contributed by atoms with Gasteiger partial charge in [0.05, 0.1) is 0 Å². The van der Waals surface area contributed by atoms with Crippen LogP contribution in [0.2, 0.25) is 0 Å². The smallest absolute Gasteiger partial charge is 0.135 e. The summed E-state index contributed by atoms with van der Waals surface area (Å²) in [6.45, 7) is 4.13. The van der Waals surface area contributed by atoms with Crippen LogP contribution in [0.25, 0.3) is 0 Å². The van der Waals surface area contributed by atoms with Gasteiger partial charge in [0.2, 0.25) is 0 Å². The summed E-state index contributed by atoms with van der Waals surface area (Å²) >= 11 is 0. The van der Waals surface area contributed by atoms with E-state index in [0.29, 0.717) is 5.92 Å². The van der Waals surface area contributed by atoms with Gasteiger partial charge in [0.25, 0.3) is 0 Å². The molecule has 0 radical (unpaired) electrons. The van der Waals surface area contributed by atoms with E-state index < -0.39 is 0 Å². The predicted molar refractivity (Wildman–Crippen MR) is 44.9 cm³/mol. The Kier molecular flexibility index (Phi) is 2.32. The van der Waals surface area contributed by atoms with E-state index in [1.165, 1.54) is 0 Å². The SMILES string of the molecule is CC(C)C#Cc1ccn(C)n1. The van der Waals surface area contributed by atoms with Crippen molar-refractivity contribution in [2.45, 2.75) is 13.8 Å². The van der Waals surface area contributed by atoms with Gasteiger partial charge in [-0.3, -0.25) is 4.68 Å². The summed E-state index contributed by atoms with van der Waals surface area (Å²) in [7, 11) is 1.89. The quantitative estimate of drug-likeness (QED) is 0.509. The van der Waals surface area contributed by atoms with Crippen LogP contribution in [0.1, 0.15) is 19.5 Å². The molecule has 11 heavy (non-hydrogen) atoms. The molecule has 0 spiro atoms. The molecule has 0 aliphatic rings. The minimum Gasteiger partial charge on any atom is -0.275 e. The Bertz CT molecular complexity index is 286. The molecule has 2 nitrogen and oxygen atoms in total. The third-order valence-corrected chi connectivity index (χ3v) is 1.20. The Balaban J connectivity index is 2.74. The molecule has 0 aliphatic heterocycles. The Labute approximate surface area is 67.2 Å². The van der Waals surface area contributed by atoms with Gasteiger partial charge in [0.1, 0.15) is 5.69 Å². The van der Waals surface area contributed by atoms with Crippen molar-refractivity contribution < 1.29 is 0 Å². The average molecular weight is 148 g/mol. The van der Waals surface area contributed by atoms with Gasteiger partial charge < -0.3 is 0 Å². The molecule has 0 saturated carbocycles. The lowest BCUT2D eigenvalue weighted by Crippen LogP contribution is -1.87. The van der Waals surface area contributed by atoms with Gasteiger partial charge in [-0.1, -0.05) is 19.8 Å². The molecule has 0 bridgehead atoms. The fraction of sp³-hybridized carbons (Fsp3) is 0.444. The topological polar surface area (TPSA) is 17.8 Å². The standard InChI is InChI=1S/C9H12N2/c1-8(2)4-5-9-6-7-11(3)10-9/h6-8H,1-3H3. The first-order valence-electron chi connectivity index (χ1n) is 3.69. The second-order valence-electron chi connectivity index (χ2n) is 2.80. The van der Waals surface area contributed by atoms with Gasteiger partial charge in [-0.05, 0) is 12.0 Å². The van der Waals surface area contributed by atoms with Crippen LogP contribution in [0, 0.1) is 17.8 Å². The predicted octanol–water partition coefficient (Wildman–Crippen LogP) is 1.43. The molecule has 0 atom stereocenters. The molecule has 2 heteroatoms. The number of hydrogen-bond acceptors (Lipinski definition) is 1. The van der Waals surface area contributed by atoms with Gasteiger partial charge in [0, 0.05) is 19.2 Å². The van der Waals surface area contributed by atoms with E-state index in [-0.39, 0.29) is 0 Å². The van der Waals surface area contributed by atoms with Gasteiger partial charge in [-0.15, -0.1) is 0 Å². The first-order valence-corrected chi connectivity index (χ1v) is 3.69. The summed E-state index contributed by atoms with van der Waals surface area (Å²) < 4.78 is 1.75. The second-order valence-corrected chi connectivity index (χ2v) is 2.80. The molecule has 0 saturated heterocycles. The average Bonchev–Trinajstić information content (AvgIpc) is 2.31. The molecule has 0 amide bonds. The summed E-state index contributed by atoms with van der Waals surface area (Å²) in [5.74, 6) is 6.45. The van der Waals surface area contributed by atoms with Crippen molar-refractivity contribution in [2.24, 2.45) is 13.0 Å². The molecule has 0 aliphatic carbocycles. The molecule has 0 N–H and O–H groups in total. The molecule has 58 valence electrons. The van der Waals surface area contributed by atoms with Crippen molar-refractivity contribution in [3.05, 3.63) is 18.0 Å². The maximum absolute atomic E-state index is 4.13. The first-order chi connectivity index (χ1) is 5.18. The molecule has 1 rings (SSSR count). The number of rotatable bonds is 0. The van der Waals surface area contributed by atoms with Crippen LogP contribution >= 0.6 is 0 Å². The normalized spacial score (nSPS) is 9.45. The molecule has 0 aromatic carbocycles. The van der Waals surface area contributed by atoms with Crippen molar-refractivity contribution in [3.8, 4) is 11.8 Å². The minimum atomic E-state index is 0.414. The second kappa shape index (κ2) is 3.25. The van der Waals surface area contributed by atoms with Crippen molar-refractivity contribution in [1.29, 1.82) is 0 Å². The highest BCUT2D eigenvalue weighted by Gasteiger charge is 1.89. The van der Waals surface area contributed by atoms with Crippen LogP contribution in [0.5, 0.6) is 0 Å². The van der Waals surface area contributed by atoms with Gasteiger partial charge >= 0.3 is 0 Å². The van der Waals surface area contributed by atoms with Gasteiger partial charge in [-0.25, -0.2) is 0 Å². The highest BCUT2D eigenvalue weighted by Crippen LogP contribution is 1.92. The van der Waals surface area contributed by atoms with E-state index in [1.807, 2.05) is 19.3 Å². The third kappa shape index (κ3) is 2.46. The molecule has 0 unspecified atom stereocenters. The number of nitrogens with zero attached hydrogens (tertiary/aromatic N) is 2. The summed E-state index contributed by atoms with van der Waals surface area (Å²) in [5.41, 5.74) is 0.848. The molecule has 1 aromatic rings. The lowest BCUT2D eigenvalue weighted by atomic mass is 10.2. The number of aryl methyl sites for hydroxylation is 1. The summed E-state index contributed by atoms with van der Waals surface area (Å²) in [4.78, 5) is 0. The van der Waals surface area contributed by atoms with Gasteiger partial charge in [0.15, 0.2) is 0 Å². The Morgan fingerprint density at radius 2 is 2.27 bits per heavy atom. The number of aromatic nitrogens is 2. The van der Waals surface area contributed by atoms with Crippen LogP contribution in [0.3, 0.4) is 0 Å². The summed E-state index contributed by atoms with van der Waals surface area (Å²) in [6.07, 6.45) is 1.89. The Morgan fingerprint density at radius 3 is 2.73 bits per heavy atom. The lowest BCUT2D eigenvalue weighted by molar-refractivity contribution is 0.763. The van der Waals surface area contributed by atoms with Crippen molar-refractivity contribution in [1.82, 2.24) is 9.78 Å². The largest absolute Gasteiger partial charge is 0.275 e. The maximum atomic E-state index is 4.13. The van der Waals surface area contributed by atoms with E-state index in [0.717, 1.165) is 5.69 Å². The summed E-state index contributed by atoms with van der Waals surface area (Å²) in [6, 6.07) is 1.91. The van der Waals surface area contributed by atoms with Crippen molar-refractivity contribution in [3.63, 3.8) is 0 Å². The van der Waals surface area contributed by atoms with Crippen molar-refractivity contribution >= 4 is 0 Å². The van der Waals surface area contributed by atoms with Crippen LogP contribution in [0.15, 0.2) is 12.3 Å². The monoisotopic (exact) mass is 148 g/mol. The first kappa shape index (κ1) is 7.87. The lowest BCUT2D eigenvalue weighted by Gasteiger charge is -1.85. The molecule has 1 heterocycles. The van der Waals surface area contributed by atoms with Crippen LogP contribution in [-0.4, -0.2) is 9.78 Å².